The molecule has 25 heavy (non-hydrogen) atoms. The van der Waals surface area contributed by atoms with E-state index in [-0.39, 0.29) is 5.25 Å². The van der Waals surface area contributed by atoms with Crippen LogP contribution in [0.2, 0.25) is 0 Å². The Bertz CT molecular complexity index is 648. The van der Waals surface area contributed by atoms with E-state index in [0.717, 1.165) is 63.9 Å². The second kappa shape index (κ2) is 8.52. The predicted molar refractivity (Wildman–Crippen MR) is 101 cm³/mol. The third kappa shape index (κ3) is 4.74. The highest BCUT2D eigenvalue weighted by atomic mass is 32.2. The Morgan fingerprint density at radius 1 is 1.12 bits per heavy atom. The molecule has 0 spiro atoms. The average Bonchev–Trinajstić information content (AvgIpc) is 3.18. The molecule has 0 bridgehead atoms. The zero-order valence-electron chi connectivity index (χ0n) is 15.2. The summed E-state index contributed by atoms with van der Waals surface area (Å²) in [6.07, 6.45) is 5.94. The van der Waals surface area contributed by atoms with Gasteiger partial charge < -0.3 is 9.64 Å². The highest BCUT2D eigenvalue weighted by Gasteiger charge is 2.35. The molecule has 0 N–H and O–H groups in total. The van der Waals surface area contributed by atoms with E-state index >= 15 is 0 Å². The van der Waals surface area contributed by atoms with Crippen molar-refractivity contribution in [3.63, 3.8) is 0 Å². The molecular weight excluding hydrogens is 336 g/mol. The summed E-state index contributed by atoms with van der Waals surface area (Å²) in [7, 11) is -1.37. The molecule has 1 heterocycles. The highest BCUT2D eigenvalue weighted by Crippen LogP contribution is 2.27. The van der Waals surface area contributed by atoms with Crippen molar-refractivity contribution in [2.45, 2.75) is 43.8 Å². The summed E-state index contributed by atoms with van der Waals surface area (Å²) in [6.45, 7) is 4.03. The Kier molecular flexibility index (Phi) is 6.36. The van der Waals surface area contributed by atoms with E-state index in [1.54, 1.807) is 11.4 Å². The van der Waals surface area contributed by atoms with Crippen molar-refractivity contribution in [2.75, 3.05) is 39.8 Å². The SMILES string of the molecule is COc1cccc(CCCN2CCN(S(=O)(=O)C3CCCC3)CC2)c1. The van der Waals surface area contributed by atoms with E-state index in [4.69, 9.17) is 4.74 Å². The van der Waals surface area contributed by atoms with Gasteiger partial charge in [0.05, 0.1) is 12.4 Å². The van der Waals surface area contributed by atoms with E-state index < -0.39 is 10.0 Å². The number of sulfonamides is 1. The number of hydrogen-bond acceptors (Lipinski definition) is 4. The van der Waals surface area contributed by atoms with Gasteiger partial charge in [0.25, 0.3) is 0 Å². The summed E-state index contributed by atoms with van der Waals surface area (Å²) >= 11 is 0. The molecule has 2 aliphatic rings. The fourth-order valence-corrected chi connectivity index (χ4v) is 5.96. The van der Waals surface area contributed by atoms with Crippen LogP contribution >= 0.6 is 0 Å². The first kappa shape index (κ1) is 18.7. The van der Waals surface area contributed by atoms with E-state index in [1.807, 2.05) is 12.1 Å². The van der Waals surface area contributed by atoms with Crippen LogP contribution in [0.15, 0.2) is 24.3 Å². The maximum Gasteiger partial charge on any atom is 0.217 e. The minimum absolute atomic E-state index is 0.118. The Morgan fingerprint density at radius 2 is 1.84 bits per heavy atom. The monoisotopic (exact) mass is 366 g/mol. The highest BCUT2D eigenvalue weighted by molar-refractivity contribution is 7.89. The molecular formula is C19H30N2O3S. The molecule has 1 aromatic carbocycles. The van der Waals surface area contributed by atoms with Crippen LogP contribution in [0.5, 0.6) is 5.75 Å². The van der Waals surface area contributed by atoms with Crippen LogP contribution < -0.4 is 4.74 Å². The standard InChI is InChI=1S/C19H30N2O3S/c1-24-18-8-4-6-17(16-18)7-5-11-20-12-14-21(15-13-20)25(22,23)19-9-2-3-10-19/h4,6,8,16,19H,2-3,5,7,9-15H2,1H3. The average molecular weight is 367 g/mol. The van der Waals surface area contributed by atoms with Gasteiger partial charge >= 0.3 is 0 Å². The molecule has 1 aliphatic carbocycles. The van der Waals surface area contributed by atoms with Gasteiger partial charge in [-0.2, -0.15) is 4.31 Å². The normalized spacial score (nSPS) is 20.8. The second-order valence-corrected chi connectivity index (χ2v) is 9.36. The zero-order chi connectivity index (χ0) is 17.7. The number of benzene rings is 1. The van der Waals surface area contributed by atoms with Crippen LogP contribution in [0.25, 0.3) is 0 Å². The summed E-state index contributed by atoms with van der Waals surface area (Å²) in [5, 5.41) is -0.118. The molecule has 140 valence electrons. The molecule has 1 saturated carbocycles. The number of rotatable bonds is 7. The lowest BCUT2D eigenvalue weighted by molar-refractivity contribution is 0.186. The number of hydrogen-bond donors (Lipinski definition) is 0. The zero-order valence-corrected chi connectivity index (χ0v) is 16.0. The minimum atomic E-state index is -3.06. The van der Waals surface area contributed by atoms with Crippen molar-refractivity contribution >= 4 is 10.0 Å². The lowest BCUT2D eigenvalue weighted by Crippen LogP contribution is -2.50. The van der Waals surface area contributed by atoms with Gasteiger partial charge in [-0.25, -0.2) is 8.42 Å². The summed E-state index contributed by atoms with van der Waals surface area (Å²) in [6, 6.07) is 8.22. The number of methoxy groups -OCH3 is 1. The molecule has 1 aliphatic heterocycles. The molecule has 5 nitrogen and oxygen atoms in total. The summed E-state index contributed by atoms with van der Waals surface area (Å²) < 4.78 is 32.3. The fraction of sp³-hybridized carbons (Fsp3) is 0.684. The molecule has 0 unspecified atom stereocenters. The van der Waals surface area contributed by atoms with Crippen molar-refractivity contribution in [2.24, 2.45) is 0 Å². The third-order valence-electron chi connectivity index (χ3n) is 5.49. The van der Waals surface area contributed by atoms with Gasteiger partial charge in [0.15, 0.2) is 0 Å². The van der Waals surface area contributed by atoms with E-state index in [9.17, 15) is 8.42 Å². The van der Waals surface area contributed by atoms with Gasteiger partial charge in [0.1, 0.15) is 5.75 Å². The van der Waals surface area contributed by atoms with Crippen LogP contribution in [-0.2, 0) is 16.4 Å². The molecule has 0 radical (unpaired) electrons. The van der Waals surface area contributed by atoms with Gasteiger partial charge in [-0.15, -0.1) is 0 Å². The van der Waals surface area contributed by atoms with Crippen molar-refractivity contribution in [1.29, 1.82) is 0 Å². The van der Waals surface area contributed by atoms with Crippen LogP contribution in [-0.4, -0.2) is 62.7 Å². The predicted octanol–water partition coefficient (Wildman–Crippen LogP) is 2.52. The van der Waals surface area contributed by atoms with E-state index in [2.05, 4.69) is 17.0 Å². The van der Waals surface area contributed by atoms with Crippen LogP contribution in [0.1, 0.15) is 37.7 Å². The Hall–Kier alpha value is -1.11. The molecule has 1 aromatic rings. The first-order valence-electron chi connectivity index (χ1n) is 9.44. The Labute approximate surface area is 152 Å². The maximum atomic E-state index is 12.6. The molecule has 6 heteroatoms. The van der Waals surface area contributed by atoms with Crippen LogP contribution in [0.3, 0.4) is 0 Å². The fourth-order valence-electron chi connectivity index (χ4n) is 3.94. The van der Waals surface area contributed by atoms with E-state index in [1.165, 1.54) is 5.56 Å². The molecule has 0 amide bonds. The molecule has 3 rings (SSSR count). The molecule has 2 fully saturated rings. The quantitative estimate of drug-likeness (QED) is 0.744. The van der Waals surface area contributed by atoms with Gasteiger partial charge in [0.2, 0.25) is 10.0 Å². The molecule has 1 saturated heterocycles. The number of nitrogens with zero attached hydrogens (tertiary/aromatic N) is 2. The maximum absolute atomic E-state index is 12.6. The Morgan fingerprint density at radius 3 is 2.52 bits per heavy atom. The van der Waals surface area contributed by atoms with Gasteiger partial charge in [0, 0.05) is 26.2 Å². The number of ether oxygens (including phenoxy) is 1. The lowest BCUT2D eigenvalue weighted by Gasteiger charge is -2.35. The van der Waals surface area contributed by atoms with Crippen molar-refractivity contribution in [1.82, 2.24) is 9.21 Å². The largest absolute Gasteiger partial charge is 0.497 e. The lowest BCUT2D eigenvalue weighted by atomic mass is 10.1. The third-order valence-corrected chi connectivity index (χ3v) is 7.89. The molecule has 0 atom stereocenters. The van der Waals surface area contributed by atoms with Crippen molar-refractivity contribution in [3.05, 3.63) is 29.8 Å². The van der Waals surface area contributed by atoms with Crippen LogP contribution in [0, 0.1) is 0 Å². The van der Waals surface area contributed by atoms with Crippen LogP contribution in [0.4, 0.5) is 0 Å². The topological polar surface area (TPSA) is 49.9 Å². The second-order valence-electron chi connectivity index (χ2n) is 7.15. The van der Waals surface area contributed by atoms with Gasteiger partial charge in [-0.3, -0.25) is 0 Å². The summed E-state index contributed by atoms with van der Waals surface area (Å²) in [4.78, 5) is 2.39. The molecule has 0 aromatic heterocycles. The summed E-state index contributed by atoms with van der Waals surface area (Å²) in [5.74, 6) is 0.906. The summed E-state index contributed by atoms with van der Waals surface area (Å²) in [5.41, 5.74) is 1.29. The smallest absolute Gasteiger partial charge is 0.217 e. The minimum Gasteiger partial charge on any atom is -0.497 e. The Balaban J connectivity index is 1.42. The first-order chi connectivity index (χ1) is 12.1. The van der Waals surface area contributed by atoms with Gasteiger partial charge in [-0.1, -0.05) is 25.0 Å². The van der Waals surface area contributed by atoms with Gasteiger partial charge in [-0.05, 0) is 49.9 Å². The number of piperazine rings is 1. The number of aryl methyl sites for hydroxylation is 1. The first-order valence-corrected chi connectivity index (χ1v) is 10.9. The van der Waals surface area contributed by atoms with E-state index in [0.29, 0.717) is 13.1 Å². The van der Waals surface area contributed by atoms with Crippen molar-refractivity contribution < 1.29 is 13.2 Å². The van der Waals surface area contributed by atoms with Crippen molar-refractivity contribution in [3.8, 4) is 5.75 Å².